The quantitative estimate of drug-likeness (QED) is 0.690. The Kier molecular flexibility index (Phi) is 5.03. The minimum Gasteiger partial charge on any atom is -0.324 e. The van der Waals surface area contributed by atoms with Crippen LogP contribution in [0.1, 0.15) is 5.56 Å². The molecule has 1 heterocycles. The lowest BCUT2D eigenvalue weighted by atomic mass is 10.2. The molecule has 6 nitrogen and oxygen atoms in total. The van der Waals surface area contributed by atoms with E-state index in [-0.39, 0.29) is 12.2 Å². The average Bonchev–Trinajstić information content (AvgIpc) is 3.03. The van der Waals surface area contributed by atoms with E-state index in [1.54, 1.807) is 12.1 Å². The van der Waals surface area contributed by atoms with Gasteiger partial charge in [0.2, 0.25) is 11.7 Å². The lowest BCUT2D eigenvalue weighted by Crippen LogP contribution is -2.20. The van der Waals surface area contributed by atoms with Gasteiger partial charge in [-0.05, 0) is 47.7 Å². The van der Waals surface area contributed by atoms with Crippen LogP contribution in [-0.4, -0.2) is 26.1 Å². The summed E-state index contributed by atoms with van der Waals surface area (Å²) in [5, 5.41) is 14.1. The Labute approximate surface area is 154 Å². The first kappa shape index (κ1) is 18.1. The van der Waals surface area contributed by atoms with Crippen LogP contribution in [0.3, 0.4) is 0 Å². The zero-order chi connectivity index (χ0) is 18.7. The fourth-order valence-electron chi connectivity index (χ4n) is 2.13. The normalized spacial score (nSPS) is 11.4. The van der Waals surface area contributed by atoms with Crippen LogP contribution in [0.15, 0.2) is 53.0 Å². The Morgan fingerprint density at radius 2 is 1.88 bits per heavy atom. The van der Waals surface area contributed by atoms with Crippen molar-refractivity contribution in [3.63, 3.8) is 0 Å². The fourth-order valence-corrected chi connectivity index (χ4v) is 2.39. The van der Waals surface area contributed by atoms with E-state index in [9.17, 15) is 18.0 Å². The summed E-state index contributed by atoms with van der Waals surface area (Å²) in [5.41, 5.74) is -0.0810. The predicted molar refractivity (Wildman–Crippen MR) is 91.0 cm³/mol. The van der Waals surface area contributed by atoms with Gasteiger partial charge in [-0.3, -0.25) is 4.79 Å². The summed E-state index contributed by atoms with van der Waals surface area (Å²) in [6, 6.07) is 11.6. The molecule has 0 aliphatic rings. The lowest BCUT2D eigenvalue weighted by molar-refractivity contribution is -0.137. The van der Waals surface area contributed by atoms with Crippen LogP contribution in [0.5, 0.6) is 0 Å². The molecule has 0 spiro atoms. The molecule has 0 unspecified atom stereocenters. The Bertz CT molecular complexity index is 924. The highest BCUT2D eigenvalue weighted by atomic mass is 79.9. The predicted octanol–water partition coefficient (Wildman–Crippen LogP) is 3.76. The molecule has 0 bridgehead atoms. The highest BCUT2D eigenvalue weighted by molar-refractivity contribution is 9.10. The second-order valence-electron chi connectivity index (χ2n) is 5.28. The van der Waals surface area contributed by atoms with Gasteiger partial charge in [-0.1, -0.05) is 22.0 Å². The number of nitrogens with one attached hydrogen (secondary N) is 1. The van der Waals surface area contributed by atoms with Crippen molar-refractivity contribution in [2.24, 2.45) is 0 Å². The van der Waals surface area contributed by atoms with Gasteiger partial charge in [0.15, 0.2) is 0 Å². The summed E-state index contributed by atoms with van der Waals surface area (Å²) in [4.78, 5) is 13.1. The van der Waals surface area contributed by atoms with Crippen molar-refractivity contribution in [3.05, 3.63) is 58.6 Å². The van der Waals surface area contributed by atoms with Gasteiger partial charge in [0.05, 0.1) is 5.56 Å². The molecule has 1 N–H and O–H groups in total. The minimum atomic E-state index is -4.48. The van der Waals surface area contributed by atoms with Crippen LogP contribution in [0.4, 0.5) is 18.9 Å². The highest BCUT2D eigenvalue weighted by Gasteiger charge is 2.30. The number of nitrogens with zero attached hydrogens (tertiary/aromatic N) is 4. The zero-order valence-electron chi connectivity index (χ0n) is 13.0. The molecule has 0 radical (unpaired) electrons. The summed E-state index contributed by atoms with van der Waals surface area (Å²) in [5.74, 6) is -0.228. The highest BCUT2D eigenvalue weighted by Crippen LogP contribution is 2.30. The van der Waals surface area contributed by atoms with E-state index in [0.717, 1.165) is 27.0 Å². The van der Waals surface area contributed by atoms with Crippen molar-refractivity contribution in [2.45, 2.75) is 12.7 Å². The number of tetrazole rings is 1. The molecule has 2 aromatic carbocycles. The van der Waals surface area contributed by atoms with Crippen LogP contribution < -0.4 is 5.32 Å². The Morgan fingerprint density at radius 3 is 2.58 bits per heavy atom. The monoisotopic (exact) mass is 425 g/mol. The molecule has 1 aromatic heterocycles. The molecule has 3 aromatic rings. The molecule has 10 heteroatoms. The molecule has 3 rings (SSSR count). The minimum absolute atomic E-state index is 0.0399. The second-order valence-corrected chi connectivity index (χ2v) is 6.19. The lowest BCUT2D eigenvalue weighted by Gasteiger charge is -2.09. The number of rotatable bonds is 4. The number of anilines is 1. The van der Waals surface area contributed by atoms with E-state index >= 15 is 0 Å². The van der Waals surface area contributed by atoms with Crippen LogP contribution in [0, 0.1) is 0 Å². The van der Waals surface area contributed by atoms with Gasteiger partial charge in [0.1, 0.15) is 6.54 Å². The molecule has 26 heavy (non-hydrogen) atoms. The average molecular weight is 426 g/mol. The topological polar surface area (TPSA) is 72.7 Å². The van der Waals surface area contributed by atoms with Gasteiger partial charge < -0.3 is 5.32 Å². The smallest absolute Gasteiger partial charge is 0.324 e. The molecule has 0 aliphatic carbocycles. The van der Waals surface area contributed by atoms with Crippen molar-refractivity contribution < 1.29 is 18.0 Å². The molecule has 0 aliphatic heterocycles. The Hall–Kier alpha value is -2.75. The second kappa shape index (κ2) is 7.24. The van der Waals surface area contributed by atoms with Crippen molar-refractivity contribution in [1.29, 1.82) is 0 Å². The third kappa shape index (κ3) is 4.45. The summed E-state index contributed by atoms with van der Waals surface area (Å²) in [6.07, 6.45) is -4.48. The largest absolute Gasteiger partial charge is 0.416 e. The fraction of sp³-hybridized carbons (Fsp3) is 0.125. The van der Waals surface area contributed by atoms with Gasteiger partial charge in [-0.25, -0.2) is 0 Å². The number of benzene rings is 2. The first-order valence-corrected chi connectivity index (χ1v) is 8.11. The van der Waals surface area contributed by atoms with E-state index in [0.29, 0.717) is 5.82 Å². The molecule has 0 fully saturated rings. The van der Waals surface area contributed by atoms with Crippen LogP contribution in [-0.2, 0) is 17.5 Å². The number of carbonyl (C=O) groups is 1. The number of carbonyl (C=O) groups excluding carboxylic acids is 1. The molecular weight excluding hydrogens is 415 g/mol. The summed E-state index contributed by atoms with van der Waals surface area (Å²) in [6.45, 7) is -0.278. The summed E-state index contributed by atoms with van der Waals surface area (Å²) >= 11 is 3.32. The zero-order valence-corrected chi connectivity index (χ0v) is 14.6. The number of aromatic nitrogens is 4. The maximum absolute atomic E-state index is 12.7. The van der Waals surface area contributed by atoms with E-state index in [1.807, 2.05) is 12.1 Å². The number of amides is 1. The van der Waals surface area contributed by atoms with E-state index in [4.69, 9.17) is 0 Å². The number of hydrogen-bond donors (Lipinski definition) is 1. The number of alkyl halides is 3. The summed E-state index contributed by atoms with van der Waals surface area (Å²) < 4.78 is 39.0. The van der Waals surface area contributed by atoms with Gasteiger partial charge in [0, 0.05) is 15.7 Å². The molecule has 0 atom stereocenters. The third-order valence-electron chi connectivity index (χ3n) is 3.31. The maximum atomic E-state index is 12.7. The standard InChI is InChI=1S/C16H11BrF3N5O/c17-12-6-4-10(5-7-12)15-22-24-25(23-15)9-14(26)21-13-3-1-2-11(8-13)16(18,19)20/h1-8H,9H2,(H,21,26). The van der Waals surface area contributed by atoms with Crippen LogP contribution in [0.25, 0.3) is 11.4 Å². The maximum Gasteiger partial charge on any atom is 0.416 e. The molecule has 0 saturated heterocycles. The first-order valence-electron chi connectivity index (χ1n) is 7.32. The molecule has 134 valence electrons. The number of halogens is 4. The van der Waals surface area contributed by atoms with Gasteiger partial charge in [-0.15, -0.1) is 10.2 Å². The molecule has 1 amide bonds. The van der Waals surface area contributed by atoms with Gasteiger partial charge in [-0.2, -0.15) is 18.0 Å². The molecular formula is C16H11BrF3N5O. The van der Waals surface area contributed by atoms with E-state index in [1.165, 1.54) is 12.1 Å². The molecule has 0 saturated carbocycles. The van der Waals surface area contributed by atoms with Crippen LogP contribution >= 0.6 is 15.9 Å². The number of hydrogen-bond acceptors (Lipinski definition) is 4. The van der Waals surface area contributed by atoms with E-state index < -0.39 is 17.6 Å². The Balaban J connectivity index is 1.67. The van der Waals surface area contributed by atoms with E-state index in [2.05, 4.69) is 36.7 Å². The van der Waals surface area contributed by atoms with Crippen molar-refractivity contribution in [1.82, 2.24) is 20.2 Å². The van der Waals surface area contributed by atoms with Crippen molar-refractivity contribution in [2.75, 3.05) is 5.32 Å². The van der Waals surface area contributed by atoms with Crippen molar-refractivity contribution >= 4 is 27.5 Å². The first-order chi connectivity index (χ1) is 12.3. The summed E-state index contributed by atoms with van der Waals surface area (Å²) in [7, 11) is 0. The third-order valence-corrected chi connectivity index (χ3v) is 3.84. The van der Waals surface area contributed by atoms with Gasteiger partial charge >= 0.3 is 6.18 Å². The van der Waals surface area contributed by atoms with Gasteiger partial charge in [0.25, 0.3) is 0 Å². The van der Waals surface area contributed by atoms with Crippen molar-refractivity contribution in [3.8, 4) is 11.4 Å². The SMILES string of the molecule is O=C(Cn1nnc(-c2ccc(Br)cc2)n1)Nc1cccc(C(F)(F)F)c1. The Morgan fingerprint density at radius 1 is 1.15 bits per heavy atom. The van der Waals surface area contributed by atoms with Crippen LogP contribution in [0.2, 0.25) is 0 Å².